The second kappa shape index (κ2) is 11.5. The van der Waals surface area contributed by atoms with Crippen LogP contribution in [0.1, 0.15) is 23.1 Å². The van der Waals surface area contributed by atoms with Gasteiger partial charge in [0.2, 0.25) is 5.91 Å². The Morgan fingerprint density at radius 3 is 2.79 bits per heavy atom. The molecule has 1 amide bonds. The molecule has 6 heterocycles. The van der Waals surface area contributed by atoms with E-state index in [-0.39, 0.29) is 12.5 Å². The number of methoxy groups -OCH3 is 1. The van der Waals surface area contributed by atoms with Gasteiger partial charge in [-0.1, -0.05) is 6.58 Å². The lowest BCUT2D eigenvalue weighted by Gasteiger charge is -2.41. The predicted octanol–water partition coefficient (Wildman–Crippen LogP) is 2.66. The number of rotatable bonds is 9. The van der Waals surface area contributed by atoms with Crippen molar-refractivity contribution in [1.29, 1.82) is 0 Å². The number of halogens is 1. The number of hydrogen-bond acceptors (Lipinski definition) is 8. The van der Waals surface area contributed by atoms with E-state index in [0.29, 0.717) is 28.6 Å². The fourth-order valence-corrected chi connectivity index (χ4v) is 5.86. The van der Waals surface area contributed by atoms with Gasteiger partial charge < -0.3 is 24.4 Å². The number of aliphatic hydroxyl groups excluding tert-OH is 1. The summed E-state index contributed by atoms with van der Waals surface area (Å²) in [7, 11) is 1.56. The zero-order chi connectivity index (χ0) is 29.4. The number of aliphatic hydroxyl groups is 1. The van der Waals surface area contributed by atoms with Crippen LogP contribution in [0.4, 0.5) is 4.39 Å². The average Bonchev–Trinajstić information content (AvgIpc) is 3.47. The molecule has 0 spiro atoms. The van der Waals surface area contributed by atoms with Crippen molar-refractivity contribution in [2.75, 3.05) is 46.4 Å². The Hall–Kier alpha value is -4.29. The highest BCUT2D eigenvalue weighted by molar-refractivity contribution is 5.87. The number of fused-ring (bicyclic) bond motifs is 2. The first-order chi connectivity index (χ1) is 20.4. The maximum Gasteiger partial charge on any atom is 0.245 e. The quantitative estimate of drug-likeness (QED) is 0.304. The summed E-state index contributed by atoms with van der Waals surface area (Å²) < 4.78 is 29.1. The molecule has 1 atom stereocenters. The van der Waals surface area contributed by atoms with Gasteiger partial charge in [-0.25, -0.2) is 8.91 Å². The number of ether oxygens (including phenoxy) is 2. The molecular formula is C30H34FN7O4. The predicted molar refractivity (Wildman–Crippen MR) is 153 cm³/mol. The zero-order valence-electron chi connectivity index (χ0n) is 23.7. The van der Waals surface area contributed by atoms with Gasteiger partial charge in [0.15, 0.2) is 23.1 Å². The first-order valence-corrected chi connectivity index (χ1v) is 14.0. The molecule has 1 unspecified atom stereocenters. The molecule has 6 rings (SSSR count). The SMILES string of the molecule is C=CC(=O)N1CC(CN2CCc3c(C)c(-c4cc(OC(CO)c5ccc(F)cn5)c5c(OC)cnn5c4)nn3CC2)C1. The van der Waals surface area contributed by atoms with E-state index in [4.69, 9.17) is 14.6 Å². The molecule has 0 bridgehead atoms. The number of aromatic nitrogens is 5. The minimum atomic E-state index is -0.826. The summed E-state index contributed by atoms with van der Waals surface area (Å²) >= 11 is 0. The van der Waals surface area contributed by atoms with Crippen molar-refractivity contribution < 1.29 is 23.8 Å². The van der Waals surface area contributed by atoms with Crippen molar-refractivity contribution in [3.63, 3.8) is 0 Å². The first kappa shape index (κ1) is 27.9. The van der Waals surface area contributed by atoms with Crippen LogP contribution in [0.25, 0.3) is 16.8 Å². The fourth-order valence-electron chi connectivity index (χ4n) is 5.86. The van der Waals surface area contributed by atoms with E-state index in [1.165, 1.54) is 23.9 Å². The summed E-state index contributed by atoms with van der Waals surface area (Å²) in [5.74, 6) is 0.973. The molecule has 42 heavy (non-hydrogen) atoms. The molecule has 1 saturated heterocycles. The van der Waals surface area contributed by atoms with Crippen LogP contribution in [0.3, 0.4) is 0 Å². The third-order valence-corrected chi connectivity index (χ3v) is 8.12. The second-order valence-corrected chi connectivity index (χ2v) is 10.8. The van der Waals surface area contributed by atoms with E-state index in [1.807, 2.05) is 17.2 Å². The van der Waals surface area contributed by atoms with Gasteiger partial charge in [-0.05, 0) is 36.8 Å². The van der Waals surface area contributed by atoms with E-state index < -0.39 is 11.9 Å². The van der Waals surface area contributed by atoms with Crippen LogP contribution in [0.2, 0.25) is 0 Å². The third kappa shape index (κ3) is 5.23. The van der Waals surface area contributed by atoms with E-state index >= 15 is 0 Å². The molecule has 12 heteroatoms. The van der Waals surface area contributed by atoms with Gasteiger partial charge in [-0.3, -0.25) is 14.5 Å². The number of carbonyl (C=O) groups excluding carboxylic acids is 1. The Kier molecular flexibility index (Phi) is 7.65. The van der Waals surface area contributed by atoms with E-state index in [2.05, 4.69) is 33.2 Å². The Morgan fingerprint density at radius 2 is 2.07 bits per heavy atom. The summed E-state index contributed by atoms with van der Waals surface area (Å²) in [5.41, 5.74) is 4.92. The smallest absolute Gasteiger partial charge is 0.245 e. The highest BCUT2D eigenvalue weighted by Gasteiger charge is 2.31. The monoisotopic (exact) mass is 575 g/mol. The molecule has 0 radical (unpaired) electrons. The molecule has 0 aliphatic carbocycles. The Morgan fingerprint density at radius 1 is 1.24 bits per heavy atom. The minimum Gasteiger partial charge on any atom is -0.493 e. The molecule has 2 aliphatic heterocycles. The van der Waals surface area contributed by atoms with Crippen LogP contribution in [0.15, 0.2) is 49.4 Å². The van der Waals surface area contributed by atoms with Crippen molar-refractivity contribution in [3.8, 4) is 22.8 Å². The molecule has 1 fully saturated rings. The van der Waals surface area contributed by atoms with Gasteiger partial charge >= 0.3 is 0 Å². The summed E-state index contributed by atoms with van der Waals surface area (Å²) in [6.07, 6.45) is 6.01. The normalized spacial score (nSPS) is 16.5. The Balaban J connectivity index is 1.24. The van der Waals surface area contributed by atoms with Crippen molar-refractivity contribution in [2.45, 2.75) is 26.0 Å². The lowest BCUT2D eigenvalue weighted by Crippen LogP contribution is -2.53. The standard InChI is InChI=1S/C30H34FN7O4/c1-4-28(40)36-15-20(16-36)14-35-8-7-24-19(2)29(34-37(24)10-9-35)21-11-25(30-26(41-3)13-33-38(30)17-21)42-27(18-39)23-6-5-22(31)12-32-23/h4-6,11-13,17,20,27,39H,1,7-10,14-16,18H2,2-3H3. The van der Waals surface area contributed by atoms with E-state index in [1.54, 1.807) is 17.8 Å². The molecule has 220 valence electrons. The number of pyridine rings is 2. The molecule has 2 aliphatic rings. The topological polar surface area (TPSA) is 110 Å². The van der Waals surface area contributed by atoms with Gasteiger partial charge in [-0.2, -0.15) is 10.2 Å². The second-order valence-electron chi connectivity index (χ2n) is 10.8. The lowest BCUT2D eigenvalue weighted by molar-refractivity contribution is -0.132. The van der Waals surface area contributed by atoms with Crippen molar-refractivity contribution in [2.24, 2.45) is 5.92 Å². The lowest BCUT2D eigenvalue weighted by atomic mass is 9.99. The summed E-state index contributed by atoms with van der Waals surface area (Å²) in [5, 5.41) is 19.6. The summed E-state index contributed by atoms with van der Waals surface area (Å²) in [6.45, 7) is 10.4. The molecule has 11 nitrogen and oxygen atoms in total. The first-order valence-electron chi connectivity index (χ1n) is 14.0. The minimum absolute atomic E-state index is 0.00436. The Bertz CT molecular complexity index is 1610. The third-order valence-electron chi connectivity index (χ3n) is 8.12. The molecule has 4 aromatic rings. The highest BCUT2D eigenvalue weighted by Crippen LogP contribution is 2.37. The van der Waals surface area contributed by atoms with Gasteiger partial charge in [0.05, 0.1) is 44.0 Å². The summed E-state index contributed by atoms with van der Waals surface area (Å²) in [4.78, 5) is 20.2. The maximum atomic E-state index is 13.5. The van der Waals surface area contributed by atoms with Crippen LogP contribution in [-0.4, -0.2) is 91.6 Å². The molecular weight excluding hydrogens is 541 g/mol. The van der Waals surface area contributed by atoms with E-state index in [0.717, 1.165) is 68.7 Å². The largest absolute Gasteiger partial charge is 0.493 e. The van der Waals surface area contributed by atoms with Gasteiger partial charge in [0, 0.05) is 62.5 Å². The van der Waals surface area contributed by atoms with Gasteiger partial charge in [0.1, 0.15) is 5.82 Å². The average molecular weight is 576 g/mol. The van der Waals surface area contributed by atoms with Crippen LogP contribution in [0.5, 0.6) is 11.5 Å². The number of likely N-dealkylation sites (tertiary alicyclic amines) is 1. The maximum absolute atomic E-state index is 13.5. The molecule has 1 N–H and O–H groups in total. The zero-order valence-corrected chi connectivity index (χ0v) is 23.7. The van der Waals surface area contributed by atoms with E-state index in [9.17, 15) is 14.3 Å². The molecule has 0 saturated carbocycles. The van der Waals surface area contributed by atoms with Crippen LogP contribution < -0.4 is 9.47 Å². The van der Waals surface area contributed by atoms with Gasteiger partial charge in [0.25, 0.3) is 0 Å². The van der Waals surface area contributed by atoms with Crippen LogP contribution >= 0.6 is 0 Å². The van der Waals surface area contributed by atoms with Crippen LogP contribution in [-0.2, 0) is 17.8 Å². The number of nitrogens with zero attached hydrogens (tertiary/aromatic N) is 7. The number of carbonyl (C=O) groups is 1. The highest BCUT2D eigenvalue weighted by atomic mass is 19.1. The molecule has 4 aromatic heterocycles. The van der Waals surface area contributed by atoms with Crippen LogP contribution in [0, 0.1) is 18.7 Å². The summed E-state index contributed by atoms with van der Waals surface area (Å²) in [6, 6.07) is 4.65. The number of hydrogen-bond donors (Lipinski definition) is 1. The van der Waals surface area contributed by atoms with Crippen molar-refractivity contribution in [3.05, 3.63) is 72.2 Å². The Labute approximate surface area is 242 Å². The van der Waals surface area contributed by atoms with Gasteiger partial charge in [-0.15, -0.1) is 0 Å². The number of amides is 1. The van der Waals surface area contributed by atoms with Crippen molar-refractivity contribution in [1.82, 2.24) is 34.2 Å². The van der Waals surface area contributed by atoms with Crippen molar-refractivity contribution >= 4 is 11.4 Å². The molecule has 0 aromatic carbocycles. The fraction of sp³-hybridized carbons (Fsp3) is 0.400.